The van der Waals surface area contributed by atoms with Gasteiger partial charge >= 0.3 is 0 Å². The van der Waals surface area contributed by atoms with Crippen LogP contribution < -0.4 is 9.47 Å². The van der Waals surface area contributed by atoms with Crippen LogP contribution >= 0.6 is 0 Å². The second-order valence-electron chi connectivity index (χ2n) is 6.52. The summed E-state index contributed by atoms with van der Waals surface area (Å²) in [5.41, 5.74) is 4.85. The first-order chi connectivity index (χ1) is 13.6. The van der Waals surface area contributed by atoms with Crippen LogP contribution in [0.5, 0.6) is 11.5 Å². The lowest BCUT2D eigenvalue weighted by atomic mass is 10.1. The molecule has 0 saturated carbocycles. The van der Waals surface area contributed by atoms with Crippen LogP contribution in [0.15, 0.2) is 48.5 Å². The van der Waals surface area contributed by atoms with Crippen molar-refractivity contribution in [2.45, 2.75) is 6.92 Å². The lowest BCUT2D eigenvalue weighted by molar-refractivity contribution is 0.104. The number of ether oxygens (including phenoxy) is 2. The number of fused-ring (bicyclic) bond motifs is 3. The SMILES string of the molecule is COc1cccc(/C=C/C(=O)c2c(C)nn3c4ccccc4n(C)c23)c1OC. The first kappa shape index (κ1) is 17.9. The molecular formula is C22H21N3O3. The topological polar surface area (TPSA) is 57.8 Å². The number of aromatic nitrogens is 3. The molecular weight excluding hydrogens is 354 g/mol. The summed E-state index contributed by atoms with van der Waals surface area (Å²) in [6.45, 7) is 1.86. The van der Waals surface area contributed by atoms with Crippen LogP contribution in [-0.4, -0.2) is 34.2 Å². The molecule has 142 valence electrons. The zero-order valence-corrected chi connectivity index (χ0v) is 16.3. The Morgan fingerprint density at radius 2 is 1.79 bits per heavy atom. The molecule has 0 aliphatic heterocycles. The Bertz CT molecular complexity index is 1230. The Morgan fingerprint density at radius 1 is 1.04 bits per heavy atom. The molecule has 0 spiro atoms. The minimum atomic E-state index is -0.108. The van der Waals surface area contributed by atoms with Gasteiger partial charge in [0.15, 0.2) is 17.3 Å². The van der Waals surface area contributed by atoms with Crippen molar-refractivity contribution >= 4 is 28.5 Å². The molecule has 0 saturated heterocycles. The highest BCUT2D eigenvalue weighted by Crippen LogP contribution is 2.32. The fraction of sp³-hybridized carbons (Fsp3) is 0.182. The molecule has 0 aliphatic carbocycles. The summed E-state index contributed by atoms with van der Waals surface area (Å²) >= 11 is 0. The van der Waals surface area contributed by atoms with Gasteiger partial charge in [-0.25, -0.2) is 4.52 Å². The van der Waals surface area contributed by atoms with E-state index in [-0.39, 0.29) is 5.78 Å². The molecule has 6 nitrogen and oxygen atoms in total. The highest BCUT2D eigenvalue weighted by Gasteiger charge is 2.21. The number of allylic oxidation sites excluding steroid dienone is 1. The van der Waals surface area contributed by atoms with Crippen LogP contribution in [0, 0.1) is 6.92 Å². The molecule has 6 heteroatoms. The largest absolute Gasteiger partial charge is 0.493 e. The minimum absolute atomic E-state index is 0.108. The summed E-state index contributed by atoms with van der Waals surface area (Å²) < 4.78 is 14.6. The molecule has 4 aromatic rings. The molecule has 0 aliphatic rings. The summed E-state index contributed by atoms with van der Waals surface area (Å²) in [4.78, 5) is 13.1. The smallest absolute Gasteiger partial charge is 0.191 e. The molecule has 0 atom stereocenters. The summed E-state index contributed by atoms with van der Waals surface area (Å²) in [7, 11) is 5.12. The first-order valence-electron chi connectivity index (χ1n) is 8.93. The van der Waals surface area contributed by atoms with Crippen LogP contribution in [0.25, 0.3) is 22.8 Å². The second kappa shape index (κ2) is 6.88. The third-order valence-corrected chi connectivity index (χ3v) is 4.92. The maximum Gasteiger partial charge on any atom is 0.191 e. The van der Waals surface area contributed by atoms with Gasteiger partial charge in [-0.3, -0.25) is 4.79 Å². The monoisotopic (exact) mass is 375 g/mol. The standard InChI is InChI=1S/C22H21N3O3/c1-14-20(22-24(2)16-9-5-6-10-17(16)25(22)23-14)18(26)13-12-15-8-7-11-19(27-3)21(15)28-4/h5-13H,1-4H3/b13-12+. The number of carbonyl (C=O) groups excluding carboxylic acids is 1. The van der Waals surface area contributed by atoms with Gasteiger partial charge in [0.1, 0.15) is 5.65 Å². The number of imidazole rings is 1. The highest BCUT2D eigenvalue weighted by atomic mass is 16.5. The number of aryl methyl sites for hydroxylation is 2. The summed E-state index contributed by atoms with van der Waals surface area (Å²) in [6, 6.07) is 13.5. The number of carbonyl (C=O) groups is 1. The van der Waals surface area contributed by atoms with Crippen molar-refractivity contribution in [1.82, 2.24) is 14.2 Å². The number of ketones is 1. The Hall–Kier alpha value is -3.54. The molecule has 2 aromatic heterocycles. The molecule has 28 heavy (non-hydrogen) atoms. The van der Waals surface area contributed by atoms with E-state index in [2.05, 4.69) is 5.10 Å². The van der Waals surface area contributed by atoms with Crippen molar-refractivity contribution in [3.8, 4) is 11.5 Å². The Morgan fingerprint density at radius 3 is 2.50 bits per heavy atom. The Balaban J connectivity index is 1.80. The predicted octanol–water partition coefficient (Wildman–Crippen LogP) is 4.05. The van der Waals surface area contributed by atoms with Crippen molar-refractivity contribution in [2.24, 2.45) is 7.05 Å². The maximum atomic E-state index is 13.1. The van der Waals surface area contributed by atoms with Gasteiger partial charge in [-0.05, 0) is 37.3 Å². The van der Waals surface area contributed by atoms with Gasteiger partial charge in [0.25, 0.3) is 0 Å². The third-order valence-electron chi connectivity index (χ3n) is 4.92. The molecule has 2 aromatic carbocycles. The van der Waals surface area contributed by atoms with Gasteiger partial charge in [0.05, 0.1) is 36.5 Å². The van der Waals surface area contributed by atoms with Crippen LogP contribution in [0.1, 0.15) is 21.6 Å². The van der Waals surface area contributed by atoms with Gasteiger partial charge in [0.2, 0.25) is 0 Å². The van der Waals surface area contributed by atoms with Crippen LogP contribution in [0.3, 0.4) is 0 Å². The lowest BCUT2D eigenvalue weighted by Crippen LogP contribution is -2.00. The van der Waals surface area contributed by atoms with E-state index in [4.69, 9.17) is 9.47 Å². The third kappa shape index (κ3) is 2.65. The van der Waals surface area contributed by atoms with Gasteiger partial charge in [-0.2, -0.15) is 5.10 Å². The summed E-state index contributed by atoms with van der Waals surface area (Å²) in [5.74, 6) is 1.11. The predicted molar refractivity (Wildman–Crippen MR) is 109 cm³/mol. The number of hydrogen-bond donors (Lipinski definition) is 0. The van der Waals surface area contributed by atoms with Crippen LogP contribution in [-0.2, 0) is 7.05 Å². The molecule has 0 fully saturated rings. The van der Waals surface area contributed by atoms with Gasteiger partial charge in [-0.1, -0.05) is 24.3 Å². The number of hydrogen-bond acceptors (Lipinski definition) is 4. The molecule has 4 rings (SSSR count). The normalized spacial score (nSPS) is 11.6. The Kier molecular flexibility index (Phi) is 4.39. The maximum absolute atomic E-state index is 13.1. The number of methoxy groups -OCH3 is 2. The number of para-hydroxylation sites is 3. The zero-order valence-electron chi connectivity index (χ0n) is 16.3. The molecule has 2 heterocycles. The highest BCUT2D eigenvalue weighted by molar-refractivity contribution is 6.12. The van der Waals surface area contributed by atoms with Gasteiger partial charge in [0, 0.05) is 12.6 Å². The lowest BCUT2D eigenvalue weighted by Gasteiger charge is -2.09. The molecule has 0 radical (unpaired) electrons. The summed E-state index contributed by atoms with van der Waals surface area (Å²) in [6.07, 6.45) is 3.30. The van der Waals surface area contributed by atoms with E-state index in [1.807, 2.05) is 65.5 Å². The Labute approximate surface area is 162 Å². The number of rotatable bonds is 5. The van der Waals surface area contributed by atoms with E-state index in [0.29, 0.717) is 22.8 Å². The van der Waals surface area contributed by atoms with E-state index in [0.717, 1.165) is 22.2 Å². The second-order valence-corrected chi connectivity index (χ2v) is 6.52. The summed E-state index contributed by atoms with van der Waals surface area (Å²) in [5, 5.41) is 4.60. The molecule has 0 N–H and O–H groups in total. The van der Waals surface area contributed by atoms with Crippen LogP contribution in [0.2, 0.25) is 0 Å². The van der Waals surface area contributed by atoms with E-state index in [1.54, 1.807) is 26.4 Å². The van der Waals surface area contributed by atoms with E-state index in [9.17, 15) is 4.79 Å². The van der Waals surface area contributed by atoms with Crippen molar-refractivity contribution in [1.29, 1.82) is 0 Å². The molecule has 0 bridgehead atoms. The van der Waals surface area contributed by atoms with Crippen LogP contribution in [0.4, 0.5) is 0 Å². The van der Waals surface area contributed by atoms with Gasteiger partial charge < -0.3 is 14.0 Å². The van der Waals surface area contributed by atoms with Gasteiger partial charge in [-0.15, -0.1) is 0 Å². The zero-order chi connectivity index (χ0) is 19.8. The number of benzene rings is 2. The fourth-order valence-electron chi connectivity index (χ4n) is 3.61. The fourth-order valence-corrected chi connectivity index (χ4v) is 3.61. The molecule has 0 unspecified atom stereocenters. The van der Waals surface area contributed by atoms with E-state index in [1.165, 1.54) is 0 Å². The quantitative estimate of drug-likeness (QED) is 0.390. The van der Waals surface area contributed by atoms with Crippen molar-refractivity contribution in [3.05, 3.63) is 65.4 Å². The number of nitrogens with zero attached hydrogens (tertiary/aromatic N) is 3. The first-order valence-corrected chi connectivity index (χ1v) is 8.93. The average molecular weight is 375 g/mol. The molecule has 0 amide bonds. The van der Waals surface area contributed by atoms with E-state index >= 15 is 0 Å². The average Bonchev–Trinajstić information content (AvgIpc) is 3.20. The van der Waals surface area contributed by atoms with Crippen molar-refractivity contribution in [2.75, 3.05) is 14.2 Å². The van der Waals surface area contributed by atoms with Crippen molar-refractivity contribution in [3.63, 3.8) is 0 Å². The van der Waals surface area contributed by atoms with E-state index < -0.39 is 0 Å². The van der Waals surface area contributed by atoms with Crippen molar-refractivity contribution < 1.29 is 14.3 Å². The minimum Gasteiger partial charge on any atom is -0.493 e.